The zero-order valence-corrected chi connectivity index (χ0v) is 18.6. The number of unbranched alkanes of at least 4 members (excludes halogenated alkanes) is 1. The fraction of sp³-hybridized carbons (Fsp3) is 0.417. The minimum Gasteiger partial charge on any atom is -0.490 e. The second-order valence-electron chi connectivity index (χ2n) is 7.25. The predicted octanol–water partition coefficient (Wildman–Crippen LogP) is 4.59. The molecule has 6 heteroatoms. The molecule has 0 saturated carbocycles. The van der Waals surface area contributed by atoms with Gasteiger partial charge >= 0.3 is 0 Å². The van der Waals surface area contributed by atoms with Crippen molar-refractivity contribution in [2.24, 2.45) is 0 Å². The summed E-state index contributed by atoms with van der Waals surface area (Å²) in [4.78, 5) is 26.7. The van der Waals surface area contributed by atoms with Gasteiger partial charge in [-0.2, -0.15) is 0 Å². The van der Waals surface area contributed by atoms with Gasteiger partial charge in [0, 0.05) is 18.3 Å². The van der Waals surface area contributed by atoms with Gasteiger partial charge in [-0.3, -0.25) is 9.59 Å². The van der Waals surface area contributed by atoms with E-state index in [1.54, 1.807) is 25.2 Å². The van der Waals surface area contributed by atoms with Crippen LogP contribution in [0, 0.1) is 13.8 Å². The van der Waals surface area contributed by atoms with E-state index in [0.29, 0.717) is 30.3 Å². The molecule has 0 heterocycles. The minimum atomic E-state index is -0.257. The van der Waals surface area contributed by atoms with Crippen LogP contribution < -0.4 is 14.8 Å². The van der Waals surface area contributed by atoms with Gasteiger partial charge in [0.25, 0.3) is 5.91 Å². The standard InChI is InChI=1S/C24H32N2O4/c1-6-8-14-30-21-13-12-19(15-22(21)29-7-2)24(28)26(5)16-23(27)25-20-11-9-10-17(3)18(20)4/h9-13,15H,6-8,14,16H2,1-5H3,(H,25,27). The van der Waals surface area contributed by atoms with E-state index in [4.69, 9.17) is 9.47 Å². The Morgan fingerprint density at radius 3 is 2.50 bits per heavy atom. The molecule has 0 saturated heterocycles. The Kier molecular flexibility index (Phi) is 8.71. The Bertz CT molecular complexity index is 880. The van der Waals surface area contributed by atoms with Crippen molar-refractivity contribution in [3.8, 4) is 11.5 Å². The molecular formula is C24H32N2O4. The van der Waals surface area contributed by atoms with Crippen molar-refractivity contribution in [1.82, 2.24) is 4.90 Å². The topological polar surface area (TPSA) is 67.9 Å². The first-order chi connectivity index (χ1) is 14.4. The number of rotatable bonds is 10. The number of hydrogen-bond donors (Lipinski definition) is 1. The molecule has 0 aliphatic heterocycles. The second kappa shape index (κ2) is 11.2. The Morgan fingerprint density at radius 1 is 1.03 bits per heavy atom. The molecule has 2 amide bonds. The molecule has 1 N–H and O–H groups in total. The zero-order chi connectivity index (χ0) is 22.1. The first-order valence-corrected chi connectivity index (χ1v) is 10.4. The van der Waals surface area contributed by atoms with E-state index in [9.17, 15) is 9.59 Å². The Labute approximate surface area is 179 Å². The van der Waals surface area contributed by atoms with Crippen LogP contribution >= 0.6 is 0 Å². The number of carbonyl (C=O) groups excluding carboxylic acids is 2. The molecule has 2 aromatic carbocycles. The van der Waals surface area contributed by atoms with Crippen LogP contribution in [0.25, 0.3) is 0 Å². The number of ether oxygens (including phenoxy) is 2. The van der Waals surface area contributed by atoms with Crippen LogP contribution in [0.3, 0.4) is 0 Å². The highest BCUT2D eigenvalue weighted by Gasteiger charge is 2.18. The summed E-state index contributed by atoms with van der Waals surface area (Å²) >= 11 is 0. The van der Waals surface area contributed by atoms with Gasteiger partial charge in [-0.05, 0) is 62.6 Å². The maximum absolute atomic E-state index is 12.8. The van der Waals surface area contributed by atoms with Crippen molar-refractivity contribution in [3.63, 3.8) is 0 Å². The molecule has 30 heavy (non-hydrogen) atoms. The lowest BCUT2D eigenvalue weighted by molar-refractivity contribution is -0.116. The predicted molar refractivity (Wildman–Crippen MR) is 120 cm³/mol. The number of aryl methyl sites for hydroxylation is 1. The molecule has 2 aromatic rings. The molecule has 0 aromatic heterocycles. The number of amides is 2. The lowest BCUT2D eigenvalue weighted by atomic mass is 10.1. The molecule has 6 nitrogen and oxygen atoms in total. The molecule has 162 valence electrons. The van der Waals surface area contributed by atoms with Crippen LogP contribution in [0.4, 0.5) is 5.69 Å². The maximum atomic E-state index is 12.8. The number of anilines is 1. The molecule has 0 radical (unpaired) electrons. The number of carbonyl (C=O) groups is 2. The van der Waals surface area contributed by atoms with E-state index < -0.39 is 0 Å². The van der Waals surface area contributed by atoms with Crippen molar-refractivity contribution in [1.29, 1.82) is 0 Å². The first-order valence-electron chi connectivity index (χ1n) is 10.4. The third-order valence-electron chi connectivity index (χ3n) is 4.85. The van der Waals surface area contributed by atoms with Gasteiger partial charge in [0.15, 0.2) is 11.5 Å². The highest BCUT2D eigenvalue weighted by molar-refractivity contribution is 5.99. The third kappa shape index (κ3) is 6.24. The van der Waals surface area contributed by atoms with E-state index in [-0.39, 0.29) is 18.4 Å². The van der Waals surface area contributed by atoms with Gasteiger partial charge in [0.05, 0.1) is 19.8 Å². The minimum absolute atomic E-state index is 0.0507. The average Bonchev–Trinajstić information content (AvgIpc) is 2.72. The molecule has 0 atom stereocenters. The van der Waals surface area contributed by atoms with Crippen LogP contribution in [-0.4, -0.2) is 43.5 Å². The zero-order valence-electron chi connectivity index (χ0n) is 18.6. The molecule has 0 spiro atoms. The summed E-state index contributed by atoms with van der Waals surface area (Å²) in [5.41, 5.74) is 3.32. The summed E-state index contributed by atoms with van der Waals surface area (Å²) in [6, 6.07) is 10.9. The lowest BCUT2D eigenvalue weighted by Gasteiger charge is -2.19. The van der Waals surface area contributed by atoms with Crippen molar-refractivity contribution in [2.45, 2.75) is 40.5 Å². The summed E-state index contributed by atoms with van der Waals surface area (Å²) in [6.45, 7) is 8.95. The van der Waals surface area contributed by atoms with Crippen LogP contribution in [0.1, 0.15) is 48.2 Å². The molecular weight excluding hydrogens is 380 g/mol. The normalized spacial score (nSPS) is 10.4. The van der Waals surface area contributed by atoms with Gasteiger partial charge in [-0.15, -0.1) is 0 Å². The summed E-state index contributed by atoms with van der Waals surface area (Å²) in [7, 11) is 1.61. The van der Waals surface area contributed by atoms with Crippen LogP contribution in [-0.2, 0) is 4.79 Å². The van der Waals surface area contributed by atoms with E-state index in [1.807, 2.05) is 39.0 Å². The van der Waals surface area contributed by atoms with E-state index in [1.165, 1.54) is 4.90 Å². The van der Waals surface area contributed by atoms with E-state index in [0.717, 1.165) is 29.7 Å². The van der Waals surface area contributed by atoms with Crippen LogP contribution in [0.15, 0.2) is 36.4 Å². The van der Waals surface area contributed by atoms with Crippen molar-refractivity contribution in [2.75, 3.05) is 32.1 Å². The average molecular weight is 413 g/mol. The summed E-state index contributed by atoms with van der Waals surface area (Å²) < 4.78 is 11.4. The van der Waals surface area contributed by atoms with Gasteiger partial charge in [-0.1, -0.05) is 25.5 Å². The smallest absolute Gasteiger partial charge is 0.254 e. The molecule has 0 unspecified atom stereocenters. The SMILES string of the molecule is CCCCOc1ccc(C(=O)N(C)CC(=O)Nc2cccc(C)c2C)cc1OCC. The van der Waals surface area contributed by atoms with Crippen LogP contribution in [0.2, 0.25) is 0 Å². The Balaban J connectivity index is 2.06. The largest absolute Gasteiger partial charge is 0.490 e. The number of benzene rings is 2. The third-order valence-corrected chi connectivity index (χ3v) is 4.85. The van der Waals surface area contributed by atoms with E-state index >= 15 is 0 Å². The number of nitrogens with zero attached hydrogens (tertiary/aromatic N) is 1. The van der Waals surface area contributed by atoms with Crippen molar-refractivity contribution >= 4 is 17.5 Å². The fourth-order valence-electron chi connectivity index (χ4n) is 2.94. The monoisotopic (exact) mass is 412 g/mol. The molecule has 0 fully saturated rings. The van der Waals surface area contributed by atoms with Gasteiger partial charge in [0.1, 0.15) is 0 Å². The first kappa shape index (κ1) is 23.3. The molecule has 0 aliphatic carbocycles. The molecule has 2 rings (SSSR count). The highest BCUT2D eigenvalue weighted by Crippen LogP contribution is 2.29. The van der Waals surface area contributed by atoms with Crippen LogP contribution in [0.5, 0.6) is 11.5 Å². The summed E-state index contributed by atoms with van der Waals surface area (Å²) in [6.07, 6.45) is 1.99. The quantitative estimate of drug-likeness (QED) is 0.580. The summed E-state index contributed by atoms with van der Waals surface area (Å²) in [5.74, 6) is 0.654. The second-order valence-corrected chi connectivity index (χ2v) is 7.25. The number of likely N-dealkylation sites (N-methyl/N-ethyl adjacent to an activating group) is 1. The summed E-state index contributed by atoms with van der Waals surface area (Å²) in [5, 5.41) is 2.88. The number of nitrogens with one attached hydrogen (secondary N) is 1. The lowest BCUT2D eigenvalue weighted by Crippen LogP contribution is -2.35. The maximum Gasteiger partial charge on any atom is 0.254 e. The fourth-order valence-corrected chi connectivity index (χ4v) is 2.94. The van der Waals surface area contributed by atoms with Gasteiger partial charge in [0.2, 0.25) is 5.91 Å². The van der Waals surface area contributed by atoms with E-state index in [2.05, 4.69) is 12.2 Å². The van der Waals surface area contributed by atoms with Gasteiger partial charge < -0.3 is 19.7 Å². The van der Waals surface area contributed by atoms with Gasteiger partial charge in [-0.25, -0.2) is 0 Å². The van der Waals surface area contributed by atoms with Crippen molar-refractivity contribution < 1.29 is 19.1 Å². The number of hydrogen-bond acceptors (Lipinski definition) is 4. The molecule has 0 aliphatic rings. The highest BCUT2D eigenvalue weighted by atomic mass is 16.5. The Morgan fingerprint density at radius 2 is 1.80 bits per heavy atom. The Hall–Kier alpha value is -3.02. The van der Waals surface area contributed by atoms with Crippen molar-refractivity contribution in [3.05, 3.63) is 53.1 Å². The molecule has 0 bridgehead atoms.